The predicted octanol–water partition coefficient (Wildman–Crippen LogP) is 5.16. The molecule has 0 spiro atoms. The Balaban J connectivity index is 1.91. The average molecular weight is 485 g/mol. The zero-order chi connectivity index (χ0) is 18.1. The van der Waals surface area contributed by atoms with Gasteiger partial charge in [-0.05, 0) is 89.7 Å². The number of phenols is 1. The number of benzene rings is 2. The van der Waals surface area contributed by atoms with Crippen molar-refractivity contribution in [3.8, 4) is 5.75 Å². The minimum Gasteiger partial charge on any atom is -0.506 e. The van der Waals surface area contributed by atoms with Crippen LogP contribution in [0.5, 0.6) is 5.75 Å². The van der Waals surface area contributed by atoms with Crippen LogP contribution in [-0.2, 0) is 4.79 Å². The third kappa shape index (κ3) is 4.37. The van der Waals surface area contributed by atoms with Crippen LogP contribution in [0, 0.1) is 17.4 Å². The maximum Gasteiger partial charge on any atom is 0.264 e. The van der Waals surface area contributed by atoms with Crippen LogP contribution in [0.1, 0.15) is 16.7 Å². The lowest BCUT2D eigenvalue weighted by Crippen LogP contribution is -2.19. The molecule has 1 fully saturated rings. The SMILES string of the molecule is Cc1cc(C)cc(N=C2NC(=O)/C(=C/c3cc(Cl)cc(I)c3O)S2)c1. The van der Waals surface area contributed by atoms with E-state index in [1.807, 2.05) is 48.6 Å². The van der Waals surface area contributed by atoms with Gasteiger partial charge >= 0.3 is 0 Å². The second kappa shape index (κ2) is 7.39. The number of hydrogen-bond donors (Lipinski definition) is 2. The van der Waals surface area contributed by atoms with Crippen LogP contribution in [-0.4, -0.2) is 16.2 Å². The van der Waals surface area contributed by atoms with E-state index in [1.165, 1.54) is 11.8 Å². The summed E-state index contributed by atoms with van der Waals surface area (Å²) < 4.78 is 0.629. The van der Waals surface area contributed by atoms with Gasteiger partial charge in [-0.25, -0.2) is 4.99 Å². The van der Waals surface area contributed by atoms with Gasteiger partial charge in [-0.1, -0.05) is 17.7 Å². The van der Waals surface area contributed by atoms with Gasteiger partial charge in [-0.3, -0.25) is 4.79 Å². The lowest BCUT2D eigenvalue weighted by molar-refractivity contribution is -0.115. The van der Waals surface area contributed by atoms with E-state index in [0.29, 0.717) is 24.2 Å². The molecule has 1 heterocycles. The smallest absolute Gasteiger partial charge is 0.264 e. The summed E-state index contributed by atoms with van der Waals surface area (Å²) in [7, 11) is 0. The van der Waals surface area contributed by atoms with Crippen LogP contribution in [0.25, 0.3) is 6.08 Å². The number of carbonyl (C=O) groups excluding carboxylic acids is 1. The summed E-state index contributed by atoms with van der Waals surface area (Å²) in [6, 6.07) is 9.27. The average Bonchev–Trinajstić information content (AvgIpc) is 2.82. The van der Waals surface area contributed by atoms with Crippen molar-refractivity contribution in [2.75, 3.05) is 0 Å². The third-order valence-corrected chi connectivity index (χ3v) is 5.38. The molecule has 0 unspecified atom stereocenters. The monoisotopic (exact) mass is 484 g/mol. The Morgan fingerprint density at radius 1 is 1.20 bits per heavy atom. The van der Waals surface area contributed by atoms with Gasteiger partial charge in [0.1, 0.15) is 5.75 Å². The molecule has 7 heteroatoms. The zero-order valence-electron chi connectivity index (χ0n) is 13.4. The van der Waals surface area contributed by atoms with Crippen molar-refractivity contribution in [2.45, 2.75) is 13.8 Å². The molecule has 0 atom stereocenters. The number of aromatic hydroxyl groups is 1. The van der Waals surface area contributed by atoms with Crippen LogP contribution in [0.15, 0.2) is 40.2 Å². The van der Waals surface area contributed by atoms with Crippen molar-refractivity contribution in [3.63, 3.8) is 0 Å². The Kier molecular flexibility index (Phi) is 5.41. The summed E-state index contributed by atoms with van der Waals surface area (Å²) in [6.07, 6.45) is 1.62. The minimum absolute atomic E-state index is 0.102. The quantitative estimate of drug-likeness (QED) is 0.457. The highest BCUT2D eigenvalue weighted by Gasteiger charge is 2.24. The number of thioether (sulfide) groups is 1. The highest BCUT2D eigenvalue weighted by molar-refractivity contribution is 14.1. The summed E-state index contributed by atoms with van der Waals surface area (Å²) in [6.45, 7) is 4.01. The number of amides is 1. The van der Waals surface area contributed by atoms with E-state index in [-0.39, 0.29) is 11.7 Å². The molecule has 3 rings (SSSR count). The van der Waals surface area contributed by atoms with Gasteiger partial charge in [0, 0.05) is 10.6 Å². The second-order valence-electron chi connectivity index (χ2n) is 5.65. The normalized spacial score (nSPS) is 17.4. The van der Waals surface area contributed by atoms with Gasteiger partial charge in [-0.2, -0.15) is 0 Å². The van der Waals surface area contributed by atoms with Crippen LogP contribution < -0.4 is 5.32 Å². The third-order valence-electron chi connectivity index (χ3n) is 3.43. The number of aryl methyl sites for hydroxylation is 2. The fourth-order valence-corrected chi connectivity index (χ4v) is 4.34. The molecule has 25 heavy (non-hydrogen) atoms. The van der Waals surface area contributed by atoms with Crippen molar-refractivity contribution in [2.24, 2.45) is 4.99 Å². The summed E-state index contributed by atoms with van der Waals surface area (Å²) in [4.78, 5) is 17.1. The van der Waals surface area contributed by atoms with Gasteiger partial charge < -0.3 is 10.4 Å². The van der Waals surface area contributed by atoms with Gasteiger partial charge in [0.05, 0.1) is 14.2 Å². The van der Waals surface area contributed by atoms with E-state index < -0.39 is 0 Å². The number of hydrogen-bond acceptors (Lipinski definition) is 4. The van der Waals surface area contributed by atoms with Crippen LogP contribution in [0.2, 0.25) is 5.02 Å². The largest absolute Gasteiger partial charge is 0.506 e. The fourth-order valence-electron chi connectivity index (χ4n) is 2.45. The molecule has 0 aliphatic carbocycles. The number of nitrogens with one attached hydrogen (secondary N) is 1. The van der Waals surface area contributed by atoms with E-state index in [1.54, 1.807) is 18.2 Å². The number of nitrogens with zero attached hydrogens (tertiary/aromatic N) is 1. The number of carbonyl (C=O) groups is 1. The Labute approximate surface area is 168 Å². The van der Waals surface area contributed by atoms with Crippen molar-refractivity contribution >= 4 is 68.8 Å². The van der Waals surface area contributed by atoms with E-state index in [4.69, 9.17) is 11.6 Å². The Morgan fingerprint density at radius 2 is 1.88 bits per heavy atom. The lowest BCUT2D eigenvalue weighted by atomic mass is 10.1. The topological polar surface area (TPSA) is 61.7 Å². The zero-order valence-corrected chi connectivity index (χ0v) is 17.2. The first-order valence-corrected chi connectivity index (χ1v) is 9.65. The molecule has 1 aliphatic rings. The highest BCUT2D eigenvalue weighted by atomic mass is 127. The lowest BCUT2D eigenvalue weighted by Gasteiger charge is -2.03. The van der Waals surface area contributed by atoms with E-state index >= 15 is 0 Å². The molecule has 2 N–H and O–H groups in total. The number of phenolic OH excluding ortho intramolecular Hbond substituents is 1. The van der Waals surface area contributed by atoms with Gasteiger partial charge in [0.25, 0.3) is 5.91 Å². The molecule has 0 bridgehead atoms. The first-order valence-electron chi connectivity index (χ1n) is 7.38. The Morgan fingerprint density at radius 3 is 2.56 bits per heavy atom. The number of aliphatic imine (C=N–C) groups is 1. The summed E-state index contributed by atoms with van der Waals surface area (Å²) in [5.41, 5.74) is 3.52. The van der Waals surface area contributed by atoms with Crippen LogP contribution in [0.3, 0.4) is 0 Å². The maximum atomic E-state index is 12.2. The molecule has 2 aromatic rings. The molecule has 1 amide bonds. The fraction of sp³-hybridized carbons (Fsp3) is 0.111. The van der Waals surface area contributed by atoms with Crippen LogP contribution in [0.4, 0.5) is 5.69 Å². The van der Waals surface area contributed by atoms with Gasteiger partial charge in [-0.15, -0.1) is 0 Å². The molecular formula is C18H14ClIN2O2S. The van der Waals surface area contributed by atoms with Crippen molar-refractivity contribution < 1.29 is 9.90 Å². The second-order valence-corrected chi connectivity index (χ2v) is 8.28. The predicted molar refractivity (Wildman–Crippen MR) is 113 cm³/mol. The molecular weight excluding hydrogens is 471 g/mol. The Hall–Kier alpha value is -1.51. The number of halogens is 2. The first kappa shape index (κ1) is 18.3. The highest BCUT2D eigenvalue weighted by Crippen LogP contribution is 2.34. The summed E-state index contributed by atoms with van der Waals surface area (Å²) >= 11 is 9.27. The molecule has 128 valence electrons. The standard InChI is InChI=1S/C18H14ClIN2O2S/c1-9-3-10(2)5-13(4-9)21-18-22-17(24)15(25-18)7-11-6-12(19)8-14(20)16(11)23/h3-8,23H,1-2H3,(H,21,22,24)/b15-7-. The molecule has 0 aromatic heterocycles. The molecule has 1 saturated heterocycles. The minimum atomic E-state index is -0.248. The first-order chi connectivity index (χ1) is 11.8. The molecule has 4 nitrogen and oxygen atoms in total. The molecule has 1 aliphatic heterocycles. The van der Waals surface area contributed by atoms with Crippen molar-refractivity contribution in [1.82, 2.24) is 5.32 Å². The van der Waals surface area contributed by atoms with E-state index in [9.17, 15) is 9.90 Å². The summed E-state index contributed by atoms with van der Waals surface area (Å²) in [5, 5.41) is 13.9. The maximum absolute atomic E-state index is 12.2. The van der Waals surface area contributed by atoms with E-state index in [2.05, 4.69) is 16.4 Å². The van der Waals surface area contributed by atoms with Crippen molar-refractivity contribution in [3.05, 3.63) is 60.5 Å². The summed E-state index contributed by atoms with van der Waals surface area (Å²) in [5.74, 6) is -0.145. The molecule has 0 saturated carbocycles. The van der Waals surface area contributed by atoms with Gasteiger partial charge in [0.2, 0.25) is 0 Å². The van der Waals surface area contributed by atoms with Gasteiger partial charge in [0.15, 0.2) is 5.17 Å². The molecule has 2 aromatic carbocycles. The number of rotatable bonds is 2. The molecule has 0 radical (unpaired) electrons. The van der Waals surface area contributed by atoms with Crippen LogP contribution >= 0.6 is 46.0 Å². The van der Waals surface area contributed by atoms with E-state index in [0.717, 1.165) is 16.8 Å². The Bertz CT molecular complexity index is 921. The van der Waals surface area contributed by atoms with Crippen molar-refractivity contribution in [1.29, 1.82) is 0 Å². The number of amidine groups is 1.